The molecule has 1 N–H and O–H groups in total. The third-order valence-corrected chi connectivity index (χ3v) is 5.53. The summed E-state index contributed by atoms with van der Waals surface area (Å²) in [6.07, 6.45) is 4.86. The number of carbonyl (C=O) groups is 2. The minimum Gasteiger partial charge on any atom is -0.333 e. The highest BCUT2D eigenvalue weighted by Crippen LogP contribution is 2.36. The maximum Gasteiger partial charge on any atom is 0.266 e. The van der Waals surface area contributed by atoms with Crippen molar-refractivity contribution >= 4 is 29.0 Å². The number of tetrazole rings is 1. The van der Waals surface area contributed by atoms with E-state index in [0.717, 1.165) is 17.7 Å². The van der Waals surface area contributed by atoms with E-state index < -0.39 is 0 Å². The van der Waals surface area contributed by atoms with Crippen LogP contribution >= 0.6 is 11.3 Å². The average molecular weight is 383 g/mol. The van der Waals surface area contributed by atoms with Crippen LogP contribution in [0.3, 0.4) is 0 Å². The predicted octanol–water partition coefficient (Wildman–Crippen LogP) is 1.75. The fourth-order valence-corrected chi connectivity index (χ4v) is 4.16. The van der Waals surface area contributed by atoms with Crippen LogP contribution in [-0.2, 0) is 11.3 Å². The first-order valence-electron chi connectivity index (χ1n) is 8.53. The highest BCUT2D eigenvalue weighted by Gasteiger charge is 2.31. The molecule has 9 nitrogen and oxygen atoms in total. The highest BCUT2D eigenvalue weighted by molar-refractivity contribution is 7.14. The van der Waals surface area contributed by atoms with Gasteiger partial charge in [0.15, 0.2) is 0 Å². The number of likely N-dealkylation sites (tertiary alicyclic amines) is 1. The minimum absolute atomic E-state index is 0.0182. The molecule has 0 unspecified atom stereocenters. The van der Waals surface area contributed by atoms with Gasteiger partial charge in [0.1, 0.15) is 18.7 Å². The fraction of sp³-hybridized carbons (Fsp3) is 0.294. The topological polar surface area (TPSA) is 106 Å². The summed E-state index contributed by atoms with van der Waals surface area (Å²) in [6.45, 7) is 0.806. The van der Waals surface area contributed by atoms with Gasteiger partial charge >= 0.3 is 0 Å². The number of hydrogen-bond donors (Lipinski definition) is 1. The molecule has 138 valence electrons. The van der Waals surface area contributed by atoms with Crippen molar-refractivity contribution in [2.75, 3.05) is 11.9 Å². The molecule has 3 aromatic heterocycles. The van der Waals surface area contributed by atoms with E-state index in [0.29, 0.717) is 17.2 Å². The fourth-order valence-electron chi connectivity index (χ4n) is 3.11. The molecule has 0 bridgehead atoms. The van der Waals surface area contributed by atoms with Crippen LogP contribution in [0.1, 0.15) is 33.4 Å². The lowest BCUT2D eigenvalue weighted by molar-refractivity contribution is -0.133. The van der Waals surface area contributed by atoms with E-state index in [4.69, 9.17) is 0 Å². The molecular weight excluding hydrogens is 366 g/mol. The van der Waals surface area contributed by atoms with Crippen LogP contribution in [0.25, 0.3) is 0 Å². The van der Waals surface area contributed by atoms with Crippen LogP contribution < -0.4 is 5.32 Å². The monoisotopic (exact) mass is 383 g/mol. The Kier molecular flexibility index (Phi) is 4.88. The van der Waals surface area contributed by atoms with E-state index in [1.807, 2.05) is 17.0 Å². The smallest absolute Gasteiger partial charge is 0.266 e. The molecule has 1 saturated heterocycles. The lowest BCUT2D eigenvalue weighted by Gasteiger charge is -2.23. The van der Waals surface area contributed by atoms with Gasteiger partial charge in [-0.3, -0.25) is 9.59 Å². The molecule has 1 atom stereocenters. The molecule has 10 heteroatoms. The summed E-state index contributed by atoms with van der Waals surface area (Å²) in [4.78, 5) is 32.6. The van der Waals surface area contributed by atoms with Gasteiger partial charge in [-0.2, -0.15) is 0 Å². The largest absolute Gasteiger partial charge is 0.333 e. The van der Waals surface area contributed by atoms with Crippen LogP contribution in [0, 0.1) is 0 Å². The third kappa shape index (κ3) is 3.85. The second kappa shape index (κ2) is 7.62. The molecule has 1 fully saturated rings. The minimum atomic E-state index is -0.200. The Balaban J connectivity index is 1.45. The Bertz CT molecular complexity index is 926. The number of pyridine rings is 1. The molecule has 0 aromatic carbocycles. The molecule has 0 spiro atoms. The summed E-state index contributed by atoms with van der Waals surface area (Å²) in [5.41, 5.74) is 0. The molecule has 0 saturated carbocycles. The molecule has 1 aliphatic heterocycles. The summed E-state index contributed by atoms with van der Waals surface area (Å²) in [5.74, 6) is 0.281. The van der Waals surface area contributed by atoms with Crippen molar-refractivity contribution in [1.82, 2.24) is 30.1 Å². The van der Waals surface area contributed by atoms with Crippen LogP contribution in [0.2, 0.25) is 0 Å². The first-order valence-corrected chi connectivity index (χ1v) is 9.35. The second-order valence-electron chi connectivity index (χ2n) is 6.12. The zero-order valence-corrected chi connectivity index (χ0v) is 15.2. The van der Waals surface area contributed by atoms with E-state index in [1.165, 1.54) is 22.3 Å². The molecule has 27 heavy (non-hydrogen) atoms. The van der Waals surface area contributed by atoms with Gasteiger partial charge in [0.05, 0.1) is 10.9 Å². The van der Waals surface area contributed by atoms with E-state index in [2.05, 4.69) is 25.8 Å². The first-order chi connectivity index (χ1) is 13.2. The Morgan fingerprint density at radius 1 is 1.26 bits per heavy atom. The number of amides is 2. The highest BCUT2D eigenvalue weighted by atomic mass is 32.1. The van der Waals surface area contributed by atoms with Gasteiger partial charge in [0.2, 0.25) is 5.91 Å². The molecule has 0 radical (unpaired) electrons. The number of rotatable bonds is 5. The third-order valence-electron chi connectivity index (χ3n) is 4.35. The van der Waals surface area contributed by atoms with Crippen molar-refractivity contribution in [2.24, 2.45) is 0 Å². The SMILES string of the molecule is O=C(Nc1ccccn1)c1ccc([C@H]2CCCN2C(=O)Cn2cnnn2)s1. The Labute approximate surface area is 159 Å². The van der Waals surface area contributed by atoms with Crippen molar-refractivity contribution in [1.29, 1.82) is 0 Å². The van der Waals surface area contributed by atoms with E-state index >= 15 is 0 Å². The number of nitrogens with one attached hydrogen (secondary N) is 1. The van der Waals surface area contributed by atoms with Crippen LogP contribution in [0.15, 0.2) is 42.9 Å². The number of anilines is 1. The Hall–Kier alpha value is -3.14. The average Bonchev–Trinajstić information content (AvgIpc) is 3.43. The summed E-state index contributed by atoms with van der Waals surface area (Å²) in [7, 11) is 0. The summed E-state index contributed by atoms with van der Waals surface area (Å²) < 4.78 is 1.41. The standard InChI is InChI=1S/C17H17N7O2S/c25-16(10-23-11-19-21-22-23)24-9-3-4-12(24)13-6-7-14(27-13)17(26)20-15-5-1-2-8-18-15/h1-2,5-8,11-12H,3-4,9-10H2,(H,18,20,26)/t12-/m1/s1. The first kappa shape index (κ1) is 17.3. The predicted molar refractivity (Wildman–Crippen MR) is 98.0 cm³/mol. The zero-order valence-electron chi connectivity index (χ0n) is 14.4. The number of nitrogens with zero attached hydrogens (tertiary/aromatic N) is 6. The normalized spacial score (nSPS) is 16.4. The van der Waals surface area contributed by atoms with Gasteiger partial charge < -0.3 is 10.2 Å². The number of carbonyl (C=O) groups excluding carboxylic acids is 2. The number of aromatic nitrogens is 5. The van der Waals surface area contributed by atoms with Gasteiger partial charge in [-0.25, -0.2) is 9.67 Å². The van der Waals surface area contributed by atoms with E-state index in [1.54, 1.807) is 24.4 Å². The van der Waals surface area contributed by atoms with E-state index in [-0.39, 0.29) is 24.4 Å². The lowest BCUT2D eigenvalue weighted by Crippen LogP contribution is -2.33. The van der Waals surface area contributed by atoms with Crippen molar-refractivity contribution < 1.29 is 9.59 Å². The molecule has 3 aromatic rings. The summed E-state index contributed by atoms with van der Waals surface area (Å²) >= 11 is 1.41. The molecule has 1 aliphatic rings. The van der Waals surface area contributed by atoms with Crippen molar-refractivity contribution in [2.45, 2.75) is 25.4 Å². The van der Waals surface area contributed by atoms with Gasteiger partial charge in [-0.05, 0) is 47.5 Å². The molecule has 4 heterocycles. The summed E-state index contributed by atoms with van der Waals surface area (Å²) in [5, 5.41) is 13.6. The summed E-state index contributed by atoms with van der Waals surface area (Å²) in [6, 6.07) is 9.04. The van der Waals surface area contributed by atoms with Crippen LogP contribution in [0.4, 0.5) is 5.82 Å². The second-order valence-corrected chi connectivity index (χ2v) is 7.24. The lowest BCUT2D eigenvalue weighted by atomic mass is 10.2. The van der Waals surface area contributed by atoms with Crippen molar-refractivity contribution in [3.05, 3.63) is 52.6 Å². The van der Waals surface area contributed by atoms with Crippen LogP contribution in [-0.4, -0.2) is 48.5 Å². The molecule has 4 rings (SSSR count). The number of hydrogen-bond acceptors (Lipinski definition) is 7. The zero-order chi connectivity index (χ0) is 18.6. The van der Waals surface area contributed by atoms with Gasteiger partial charge in [0, 0.05) is 17.6 Å². The van der Waals surface area contributed by atoms with E-state index in [9.17, 15) is 9.59 Å². The maximum atomic E-state index is 12.6. The maximum absolute atomic E-state index is 12.6. The molecule has 2 amide bonds. The van der Waals surface area contributed by atoms with Gasteiger partial charge in [0.25, 0.3) is 5.91 Å². The molecule has 0 aliphatic carbocycles. The Morgan fingerprint density at radius 3 is 2.96 bits per heavy atom. The quantitative estimate of drug-likeness (QED) is 0.719. The van der Waals surface area contributed by atoms with Gasteiger partial charge in [-0.15, -0.1) is 16.4 Å². The molecular formula is C17H17N7O2S. The Morgan fingerprint density at radius 2 is 2.19 bits per heavy atom. The number of thiophene rings is 1. The van der Waals surface area contributed by atoms with Crippen molar-refractivity contribution in [3.8, 4) is 0 Å². The van der Waals surface area contributed by atoms with Gasteiger partial charge in [-0.1, -0.05) is 6.07 Å². The van der Waals surface area contributed by atoms with Crippen LogP contribution in [0.5, 0.6) is 0 Å². The van der Waals surface area contributed by atoms with Crippen molar-refractivity contribution in [3.63, 3.8) is 0 Å².